The van der Waals surface area contributed by atoms with Crippen LogP contribution in [0.25, 0.3) is 0 Å². The zero-order valence-electron chi connectivity index (χ0n) is 9.36. The molecule has 0 aliphatic carbocycles. The van der Waals surface area contributed by atoms with E-state index >= 15 is 0 Å². The first-order valence-corrected chi connectivity index (χ1v) is 6.84. The number of nitrogens with one attached hydrogen (secondary N) is 1. The van der Waals surface area contributed by atoms with Gasteiger partial charge < -0.3 is 10.1 Å². The summed E-state index contributed by atoms with van der Waals surface area (Å²) in [6.07, 6.45) is 1.43. The van der Waals surface area contributed by atoms with Crippen LogP contribution >= 0.6 is 23.1 Å². The highest BCUT2D eigenvalue weighted by Crippen LogP contribution is 2.20. The molecule has 0 aliphatic heterocycles. The van der Waals surface area contributed by atoms with Gasteiger partial charge in [-0.1, -0.05) is 13.8 Å². The van der Waals surface area contributed by atoms with Gasteiger partial charge in [0.25, 0.3) is 0 Å². The Balaban J connectivity index is 2.00. The van der Waals surface area contributed by atoms with Crippen LogP contribution < -0.4 is 5.32 Å². The van der Waals surface area contributed by atoms with Crippen molar-refractivity contribution in [1.29, 1.82) is 0 Å². The highest BCUT2D eigenvalue weighted by molar-refractivity contribution is 8.01. The Morgan fingerprint density at radius 3 is 3.19 bits per heavy atom. The monoisotopic (exact) mass is 259 g/mol. The molecule has 0 bridgehead atoms. The number of thiazole rings is 1. The summed E-state index contributed by atoms with van der Waals surface area (Å²) >= 11 is 3.13. The number of alkyl carbamates (subject to hydrolysis) is 1. The molecule has 1 amide bonds. The highest BCUT2D eigenvalue weighted by atomic mass is 32.2. The number of thioether (sulfide) groups is 1. The molecule has 4 nitrogen and oxygen atoms in total. The Morgan fingerprint density at radius 1 is 1.75 bits per heavy atom. The minimum absolute atomic E-state index is 0.342. The molecule has 0 saturated carbocycles. The minimum Gasteiger partial charge on any atom is -0.449 e. The van der Waals surface area contributed by atoms with Gasteiger partial charge in [-0.05, 0) is 5.92 Å². The highest BCUT2D eigenvalue weighted by Gasteiger charge is 2.03. The van der Waals surface area contributed by atoms with E-state index in [1.807, 2.05) is 13.8 Å². The van der Waals surface area contributed by atoms with Crippen molar-refractivity contribution in [3.05, 3.63) is 11.7 Å². The van der Waals surface area contributed by atoms with Crippen LogP contribution in [-0.2, 0) is 4.74 Å². The molecular formula is C10H15N2O2S2. The Kier molecular flexibility index (Phi) is 6.25. The maximum Gasteiger partial charge on any atom is 0.407 e. The van der Waals surface area contributed by atoms with Gasteiger partial charge in [-0.3, -0.25) is 0 Å². The number of aromatic nitrogens is 1. The lowest BCUT2D eigenvalue weighted by Gasteiger charge is -2.08. The summed E-state index contributed by atoms with van der Waals surface area (Å²) in [5.74, 6) is 1.18. The standard InChI is InChI=1S/C10H15N2O2S2/c1-8(2)6-14-10(13)12-3-4-15-9-5-11-7-16-9/h5,8H,3-4,6H2,1-2H3,(H,12,13). The van der Waals surface area contributed by atoms with Gasteiger partial charge in [0, 0.05) is 12.3 Å². The van der Waals surface area contributed by atoms with Gasteiger partial charge in [-0.25, -0.2) is 9.78 Å². The third kappa shape index (κ3) is 5.97. The molecule has 0 aromatic carbocycles. The van der Waals surface area contributed by atoms with Crippen LogP contribution in [0.5, 0.6) is 0 Å². The van der Waals surface area contributed by atoms with Gasteiger partial charge in [0.1, 0.15) is 0 Å². The third-order valence-electron chi connectivity index (χ3n) is 1.53. The number of rotatable bonds is 6. The van der Waals surface area contributed by atoms with E-state index in [2.05, 4.69) is 15.8 Å². The summed E-state index contributed by atoms with van der Waals surface area (Å²) in [6, 6.07) is 0. The van der Waals surface area contributed by atoms with Crippen LogP contribution in [0.1, 0.15) is 13.8 Å². The Morgan fingerprint density at radius 2 is 2.56 bits per heavy atom. The average molecular weight is 259 g/mol. The summed E-state index contributed by atoms with van der Waals surface area (Å²) in [4.78, 5) is 15.0. The second-order valence-electron chi connectivity index (χ2n) is 3.54. The van der Waals surface area contributed by atoms with E-state index in [0.717, 1.165) is 9.96 Å². The first-order chi connectivity index (χ1) is 7.68. The van der Waals surface area contributed by atoms with E-state index in [0.29, 0.717) is 19.1 Å². The second kappa shape index (κ2) is 7.51. The number of nitrogens with zero attached hydrogens (tertiary/aromatic N) is 1. The molecule has 1 aromatic rings. The predicted molar refractivity (Wildman–Crippen MR) is 65.9 cm³/mol. The van der Waals surface area contributed by atoms with Gasteiger partial charge in [0.2, 0.25) is 0 Å². The van der Waals surface area contributed by atoms with Crippen molar-refractivity contribution < 1.29 is 9.53 Å². The molecule has 0 fully saturated rings. The summed E-state index contributed by atoms with van der Waals surface area (Å²) in [5, 5.41) is 2.69. The van der Waals surface area contributed by atoms with Crippen molar-refractivity contribution in [3.63, 3.8) is 0 Å². The summed E-state index contributed by atoms with van der Waals surface area (Å²) in [7, 11) is 0. The van der Waals surface area contributed by atoms with Crippen LogP contribution in [0.4, 0.5) is 4.79 Å². The largest absolute Gasteiger partial charge is 0.449 e. The van der Waals surface area contributed by atoms with E-state index in [-0.39, 0.29) is 6.09 Å². The van der Waals surface area contributed by atoms with Gasteiger partial charge >= 0.3 is 6.09 Å². The van der Waals surface area contributed by atoms with E-state index in [4.69, 9.17) is 4.74 Å². The fourth-order valence-electron chi connectivity index (χ4n) is 0.842. The second-order valence-corrected chi connectivity index (χ2v) is 5.76. The maximum atomic E-state index is 11.2. The number of carbonyl (C=O) groups excluding carboxylic acids is 1. The topological polar surface area (TPSA) is 51.2 Å². The zero-order valence-corrected chi connectivity index (χ0v) is 11.0. The summed E-state index contributed by atoms with van der Waals surface area (Å²) < 4.78 is 6.07. The van der Waals surface area contributed by atoms with Crippen molar-refractivity contribution in [3.8, 4) is 0 Å². The first kappa shape index (κ1) is 13.3. The summed E-state index contributed by atoms with van der Waals surface area (Å²) in [5.41, 5.74) is 2.77. The van der Waals surface area contributed by atoms with Crippen molar-refractivity contribution >= 4 is 29.2 Å². The molecule has 1 N–H and O–H groups in total. The van der Waals surface area contributed by atoms with E-state index in [1.165, 1.54) is 11.3 Å². The van der Waals surface area contributed by atoms with Gasteiger partial charge in [0.15, 0.2) is 5.51 Å². The number of ether oxygens (including phenoxy) is 1. The van der Waals surface area contributed by atoms with E-state index < -0.39 is 0 Å². The molecule has 1 aromatic heterocycles. The number of hydrogen-bond donors (Lipinski definition) is 1. The Hall–Kier alpha value is -0.750. The van der Waals surface area contributed by atoms with Crippen molar-refractivity contribution in [2.45, 2.75) is 18.1 Å². The van der Waals surface area contributed by atoms with E-state index in [9.17, 15) is 4.79 Å². The third-order valence-corrected chi connectivity index (χ3v) is 3.44. The first-order valence-electron chi connectivity index (χ1n) is 5.03. The van der Waals surface area contributed by atoms with Crippen LogP contribution in [0, 0.1) is 11.4 Å². The molecule has 6 heteroatoms. The van der Waals surface area contributed by atoms with Crippen LogP contribution in [0.15, 0.2) is 10.4 Å². The van der Waals surface area contributed by atoms with Crippen LogP contribution in [-0.4, -0.2) is 30.0 Å². The summed E-state index contributed by atoms with van der Waals surface area (Å²) in [6.45, 7) is 5.06. The molecule has 0 unspecified atom stereocenters. The maximum absolute atomic E-state index is 11.2. The Bertz CT molecular complexity index is 302. The zero-order chi connectivity index (χ0) is 11.8. The quantitative estimate of drug-likeness (QED) is 0.629. The van der Waals surface area contributed by atoms with Crippen LogP contribution in [0.2, 0.25) is 0 Å². The molecule has 1 rings (SSSR count). The van der Waals surface area contributed by atoms with Crippen molar-refractivity contribution in [2.75, 3.05) is 18.9 Å². The molecule has 0 aliphatic rings. The molecule has 0 atom stereocenters. The van der Waals surface area contributed by atoms with E-state index in [1.54, 1.807) is 18.0 Å². The molecule has 0 spiro atoms. The fourth-order valence-corrected chi connectivity index (χ4v) is 2.27. The van der Waals surface area contributed by atoms with Crippen LogP contribution in [0.3, 0.4) is 0 Å². The predicted octanol–water partition coefficient (Wildman–Crippen LogP) is 2.42. The lowest BCUT2D eigenvalue weighted by molar-refractivity contribution is 0.133. The molecular weight excluding hydrogens is 244 g/mol. The van der Waals surface area contributed by atoms with Crippen molar-refractivity contribution in [1.82, 2.24) is 10.3 Å². The number of hydrogen-bond acceptors (Lipinski definition) is 5. The molecule has 16 heavy (non-hydrogen) atoms. The lowest BCUT2D eigenvalue weighted by Crippen LogP contribution is -2.27. The fraction of sp³-hybridized carbons (Fsp3) is 0.600. The minimum atomic E-state index is -0.342. The Labute approximate surface area is 104 Å². The normalized spacial score (nSPS) is 10.4. The van der Waals surface area contributed by atoms with Gasteiger partial charge in [-0.15, -0.1) is 23.1 Å². The lowest BCUT2D eigenvalue weighted by atomic mass is 10.2. The molecule has 1 radical (unpaired) electrons. The number of amides is 1. The smallest absolute Gasteiger partial charge is 0.407 e. The molecule has 0 saturated heterocycles. The number of carbonyl (C=O) groups is 1. The SMILES string of the molecule is CC(C)COC(=O)NCCSc1cn[c]s1. The molecule has 89 valence electrons. The molecule has 1 heterocycles. The average Bonchev–Trinajstić information content (AvgIpc) is 2.74. The van der Waals surface area contributed by atoms with Gasteiger partial charge in [-0.2, -0.15) is 0 Å². The van der Waals surface area contributed by atoms with Crippen molar-refractivity contribution in [2.24, 2.45) is 5.92 Å². The van der Waals surface area contributed by atoms with Gasteiger partial charge in [0.05, 0.1) is 17.0 Å².